The minimum absolute atomic E-state index is 1.05. The van der Waals surface area contributed by atoms with Crippen molar-refractivity contribution in [3.05, 3.63) is 81.1 Å². The zero-order chi connectivity index (χ0) is 13.4. The van der Waals surface area contributed by atoms with Crippen LogP contribution in [0.4, 0.5) is 0 Å². The lowest BCUT2D eigenvalue weighted by atomic mass is 10.1. The summed E-state index contributed by atoms with van der Waals surface area (Å²) in [5.74, 6) is 1.08. The van der Waals surface area contributed by atoms with Gasteiger partial charge in [-0.3, -0.25) is 0 Å². The van der Waals surface area contributed by atoms with Crippen molar-refractivity contribution >= 4 is 29.6 Å². The normalized spacial score (nSPS) is 16.8. The Bertz CT molecular complexity index is 726. The van der Waals surface area contributed by atoms with Crippen LogP contribution in [0.3, 0.4) is 0 Å². The predicted molar refractivity (Wildman–Crippen MR) is 89.8 cm³/mol. The van der Waals surface area contributed by atoms with Gasteiger partial charge in [0.1, 0.15) is 0 Å². The quantitative estimate of drug-likeness (QED) is 0.680. The molecule has 2 aliphatic heterocycles. The van der Waals surface area contributed by atoms with Gasteiger partial charge in [0.05, 0.1) is 0 Å². The van der Waals surface area contributed by atoms with Gasteiger partial charge >= 0.3 is 0 Å². The van der Waals surface area contributed by atoms with Crippen LogP contribution in [0.5, 0.6) is 0 Å². The number of hydrogen-bond donors (Lipinski definition) is 0. The molecule has 0 fully saturated rings. The minimum Gasteiger partial charge on any atom is -0.120 e. The summed E-state index contributed by atoms with van der Waals surface area (Å²) in [6, 6.07) is 17.4. The molecule has 0 saturated heterocycles. The van der Waals surface area contributed by atoms with E-state index in [9.17, 15) is 0 Å². The topological polar surface area (TPSA) is 0 Å². The van der Waals surface area contributed by atoms with E-state index in [-0.39, 0.29) is 0 Å². The van der Waals surface area contributed by atoms with Crippen LogP contribution in [-0.2, 0) is 12.2 Å². The lowest BCUT2D eigenvalue weighted by Gasteiger charge is -2.21. The van der Waals surface area contributed by atoms with Gasteiger partial charge in [0.2, 0.25) is 0 Å². The van der Waals surface area contributed by atoms with Gasteiger partial charge < -0.3 is 0 Å². The molecular weight excluding hydrogens is 280 g/mol. The number of rotatable bonds is 1. The van der Waals surface area contributed by atoms with E-state index in [4.69, 9.17) is 0 Å². The van der Waals surface area contributed by atoms with Crippen LogP contribution >= 0.6 is 23.5 Å². The summed E-state index contributed by atoms with van der Waals surface area (Å²) in [6.07, 6.45) is 5.77. The summed E-state index contributed by atoms with van der Waals surface area (Å²) in [6.45, 7) is 0. The number of fused-ring (bicyclic) bond motifs is 2. The number of thioether (sulfide) groups is 2. The Balaban J connectivity index is 1.68. The first-order valence-corrected chi connectivity index (χ1v) is 8.59. The highest BCUT2D eigenvalue weighted by molar-refractivity contribution is 8.08. The third-order valence-corrected chi connectivity index (χ3v) is 6.13. The molecule has 20 heavy (non-hydrogen) atoms. The third-order valence-electron chi connectivity index (χ3n) is 3.67. The molecule has 0 atom stereocenters. The molecule has 0 amide bonds. The average Bonchev–Trinajstić information content (AvgIpc) is 2.54. The van der Waals surface area contributed by atoms with Crippen LogP contribution in [-0.4, -0.2) is 0 Å². The van der Waals surface area contributed by atoms with Crippen LogP contribution in [0.2, 0.25) is 0 Å². The second-order valence-corrected chi connectivity index (χ2v) is 7.08. The Kier molecular flexibility index (Phi) is 3.21. The molecule has 4 rings (SSSR count). The van der Waals surface area contributed by atoms with Crippen LogP contribution in [0.25, 0.3) is 6.08 Å². The molecule has 2 aliphatic rings. The molecular formula is C18H14S2. The third kappa shape index (κ3) is 2.23. The monoisotopic (exact) mass is 294 g/mol. The van der Waals surface area contributed by atoms with E-state index >= 15 is 0 Å². The van der Waals surface area contributed by atoms with E-state index < -0.39 is 0 Å². The Morgan fingerprint density at radius 3 is 2.55 bits per heavy atom. The van der Waals surface area contributed by atoms with Gasteiger partial charge in [-0.2, -0.15) is 0 Å². The van der Waals surface area contributed by atoms with Crippen LogP contribution in [0.15, 0.2) is 69.3 Å². The first-order valence-electron chi connectivity index (χ1n) is 6.79. The summed E-state index contributed by atoms with van der Waals surface area (Å²) >= 11 is 3.87. The van der Waals surface area contributed by atoms with Crippen molar-refractivity contribution in [1.82, 2.24) is 0 Å². The fourth-order valence-corrected chi connectivity index (χ4v) is 4.88. The largest absolute Gasteiger partial charge is 0.120 e. The van der Waals surface area contributed by atoms with Gasteiger partial charge in [0.15, 0.2) is 0 Å². The van der Waals surface area contributed by atoms with Crippen molar-refractivity contribution in [2.45, 2.75) is 17.1 Å². The van der Waals surface area contributed by atoms with Crippen molar-refractivity contribution in [2.24, 2.45) is 0 Å². The van der Waals surface area contributed by atoms with Crippen molar-refractivity contribution in [3.63, 3.8) is 0 Å². The summed E-state index contributed by atoms with van der Waals surface area (Å²) in [5.41, 5.74) is 4.27. The second-order valence-electron chi connectivity index (χ2n) is 4.98. The summed E-state index contributed by atoms with van der Waals surface area (Å²) in [4.78, 5) is 4.25. The second kappa shape index (κ2) is 5.19. The molecule has 98 valence electrons. The fourth-order valence-electron chi connectivity index (χ4n) is 2.57. The molecule has 0 radical (unpaired) electrons. The molecule has 2 aromatic carbocycles. The van der Waals surface area contributed by atoms with Gasteiger partial charge in [0, 0.05) is 20.5 Å². The lowest BCUT2D eigenvalue weighted by Crippen LogP contribution is -1.99. The predicted octanol–water partition coefficient (Wildman–Crippen LogP) is 5.51. The van der Waals surface area contributed by atoms with Crippen LogP contribution in [0, 0.1) is 0 Å². The summed E-state index contributed by atoms with van der Waals surface area (Å²) in [5, 5.41) is 0. The molecule has 0 bridgehead atoms. The first kappa shape index (κ1) is 12.4. The van der Waals surface area contributed by atoms with Crippen molar-refractivity contribution in [2.75, 3.05) is 0 Å². The molecule has 0 aromatic heterocycles. The molecule has 0 spiro atoms. The number of hydrogen-bond acceptors (Lipinski definition) is 2. The van der Waals surface area contributed by atoms with E-state index in [1.807, 2.05) is 23.5 Å². The molecule has 0 unspecified atom stereocenters. The lowest BCUT2D eigenvalue weighted by molar-refractivity contribution is 1.16. The maximum absolute atomic E-state index is 2.37. The maximum Gasteiger partial charge on any atom is 0.0238 e. The number of benzene rings is 2. The molecule has 2 heteroatoms. The van der Waals surface area contributed by atoms with E-state index in [1.165, 1.54) is 31.4 Å². The number of allylic oxidation sites excluding steroid dienone is 1. The van der Waals surface area contributed by atoms with E-state index in [0.29, 0.717) is 0 Å². The zero-order valence-corrected chi connectivity index (χ0v) is 12.6. The molecule has 2 aromatic rings. The SMILES string of the molecule is C1=C(C2=CCc3ccccc3S2)SCc2ccccc21. The minimum atomic E-state index is 1.05. The smallest absolute Gasteiger partial charge is 0.0238 e. The standard InChI is InChI=1S/C18H14S2/c1-2-7-15-12-19-18(11-14(15)6-1)17-10-9-13-5-3-4-8-16(13)20-17/h1-8,10-11H,9,12H2. The van der Waals surface area contributed by atoms with Crippen molar-refractivity contribution < 1.29 is 0 Å². The zero-order valence-electron chi connectivity index (χ0n) is 11.0. The van der Waals surface area contributed by atoms with Crippen molar-refractivity contribution in [3.8, 4) is 0 Å². The Morgan fingerprint density at radius 2 is 1.60 bits per heavy atom. The Morgan fingerprint density at radius 1 is 0.800 bits per heavy atom. The van der Waals surface area contributed by atoms with Crippen LogP contribution < -0.4 is 0 Å². The summed E-state index contributed by atoms with van der Waals surface area (Å²) in [7, 11) is 0. The molecule has 0 aliphatic carbocycles. The van der Waals surface area contributed by atoms with Crippen LogP contribution in [0.1, 0.15) is 16.7 Å². The van der Waals surface area contributed by atoms with Gasteiger partial charge in [-0.1, -0.05) is 60.3 Å². The molecule has 0 saturated carbocycles. The highest BCUT2D eigenvalue weighted by Gasteiger charge is 2.18. The van der Waals surface area contributed by atoms with E-state index in [1.54, 1.807) is 0 Å². The van der Waals surface area contributed by atoms with E-state index in [2.05, 4.69) is 60.7 Å². The van der Waals surface area contributed by atoms with Gasteiger partial charge in [-0.05, 0) is 35.3 Å². The van der Waals surface area contributed by atoms with Gasteiger partial charge in [-0.15, -0.1) is 11.8 Å². The highest BCUT2D eigenvalue weighted by Crippen LogP contribution is 2.45. The molecule has 0 nitrogen and oxygen atoms in total. The Hall–Kier alpha value is -1.38. The molecule has 0 N–H and O–H groups in total. The fraction of sp³-hybridized carbons (Fsp3) is 0.111. The average molecular weight is 294 g/mol. The van der Waals surface area contributed by atoms with E-state index in [0.717, 1.165) is 12.2 Å². The van der Waals surface area contributed by atoms with Crippen molar-refractivity contribution in [1.29, 1.82) is 0 Å². The van der Waals surface area contributed by atoms with Gasteiger partial charge in [-0.25, -0.2) is 0 Å². The summed E-state index contributed by atoms with van der Waals surface area (Å²) < 4.78 is 0. The highest BCUT2D eigenvalue weighted by atomic mass is 32.2. The Labute approximate surface area is 128 Å². The maximum atomic E-state index is 2.37. The first-order chi connectivity index (χ1) is 9.90. The molecule has 2 heterocycles. The van der Waals surface area contributed by atoms with Gasteiger partial charge in [0.25, 0.3) is 0 Å².